The standard InChI is InChI=1S/C20H17NO3/c1-14-6-9-16(10-7-14)21-20(23)13-24-19-11-8-15-4-2-3-5-17(15)18(19)12-22/h2-12H,13H2,1H3,(H,21,23). The highest BCUT2D eigenvalue weighted by Crippen LogP contribution is 2.26. The lowest BCUT2D eigenvalue weighted by molar-refractivity contribution is -0.118. The average Bonchev–Trinajstić information content (AvgIpc) is 2.61. The molecule has 0 aliphatic carbocycles. The Hall–Kier alpha value is -3.14. The molecule has 0 aromatic heterocycles. The molecule has 0 saturated heterocycles. The fourth-order valence-corrected chi connectivity index (χ4v) is 2.50. The predicted molar refractivity (Wildman–Crippen MR) is 94.6 cm³/mol. The lowest BCUT2D eigenvalue weighted by atomic mass is 10.0. The molecule has 0 bridgehead atoms. The van der Waals surface area contributed by atoms with Crippen LogP contribution in [0, 0.1) is 6.92 Å². The first-order chi connectivity index (χ1) is 11.7. The van der Waals surface area contributed by atoms with Crippen LogP contribution >= 0.6 is 0 Å². The second-order valence-electron chi connectivity index (χ2n) is 5.52. The summed E-state index contributed by atoms with van der Waals surface area (Å²) in [7, 11) is 0. The SMILES string of the molecule is Cc1ccc(NC(=O)COc2ccc3ccccc3c2C=O)cc1. The number of benzene rings is 3. The zero-order valence-electron chi connectivity index (χ0n) is 13.3. The molecule has 24 heavy (non-hydrogen) atoms. The molecule has 0 unspecified atom stereocenters. The van der Waals surface area contributed by atoms with Gasteiger partial charge in [0.1, 0.15) is 5.75 Å². The Bertz CT molecular complexity index is 885. The summed E-state index contributed by atoms with van der Waals surface area (Å²) in [5.41, 5.74) is 2.29. The van der Waals surface area contributed by atoms with E-state index < -0.39 is 0 Å². The van der Waals surface area contributed by atoms with E-state index in [1.165, 1.54) is 0 Å². The summed E-state index contributed by atoms with van der Waals surface area (Å²) in [6, 6.07) is 18.7. The lowest BCUT2D eigenvalue weighted by Crippen LogP contribution is -2.20. The number of anilines is 1. The first kappa shape index (κ1) is 15.7. The van der Waals surface area contributed by atoms with Crippen LogP contribution in [0.5, 0.6) is 5.75 Å². The van der Waals surface area contributed by atoms with Gasteiger partial charge in [-0.1, -0.05) is 48.0 Å². The first-order valence-electron chi connectivity index (χ1n) is 7.63. The molecule has 0 radical (unpaired) electrons. The van der Waals surface area contributed by atoms with Crippen molar-refractivity contribution in [1.82, 2.24) is 0 Å². The molecule has 1 amide bonds. The molecule has 0 atom stereocenters. The van der Waals surface area contributed by atoms with Gasteiger partial charge in [-0.3, -0.25) is 9.59 Å². The van der Waals surface area contributed by atoms with Crippen LogP contribution in [0.25, 0.3) is 10.8 Å². The third-order valence-electron chi connectivity index (χ3n) is 3.74. The maximum atomic E-state index is 12.0. The minimum atomic E-state index is -0.274. The summed E-state index contributed by atoms with van der Waals surface area (Å²) < 4.78 is 5.55. The molecule has 3 aromatic carbocycles. The van der Waals surface area contributed by atoms with Gasteiger partial charge in [-0.2, -0.15) is 0 Å². The Morgan fingerprint density at radius 3 is 2.54 bits per heavy atom. The number of fused-ring (bicyclic) bond motifs is 1. The number of hydrogen-bond acceptors (Lipinski definition) is 3. The van der Waals surface area contributed by atoms with Crippen molar-refractivity contribution in [2.45, 2.75) is 6.92 Å². The molecule has 3 rings (SSSR count). The van der Waals surface area contributed by atoms with Crippen molar-refractivity contribution in [3.63, 3.8) is 0 Å². The summed E-state index contributed by atoms with van der Waals surface area (Å²) in [4.78, 5) is 23.4. The van der Waals surface area contributed by atoms with Gasteiger partial charge in [-0.05, 0) is 35.9 Å². The molecule has 4 nitrogen and oxygen atoms in total. The van der Waals surface area contributed by atoms with E-state index in [2.05, 4.69) is 5.32 Å². The topological polar surface area (TPSA) is 55.4 Å². The quantitative estimate of drug-likeness (QED) is 0.724. The average molecular weight is 319 g/mol. The van der Waals surface area contributed by atoms with E-state index in [1.807, 2.05) is 61.5 Å². The highest BCUT2D eigenvalue weighted by Gasteiger charge is 2.10. The lowest BCUT2D eigenvalue weighted by Gasteiger charge is -2.11. The Morgan fingerprint density at radius 2 is 1.79 bits per heavy atom. The number of rotatable bonds is 5. The molecule has 1 N–H and O–H groups in total. The fourth-order valence-electron chi connectivity index (χ4n) is 2.50. The van der Waals surface area contributed by atoms with Crippen molar-refractivity contribution in [1.29, 1.82) is 0 Å². The van der Waals surface area contributed by atoms with Crippen LogP contribution in [0.4, 0.5) is 5.69 Å². The Balaban J connectivity index is 1.72. The molecule has 0 aliphatic rings. The van der Waals surface area contributed by atoms with Crippen molar-refractivity contribution in [2.24, 2.45) is 0 Å². The van der Waals surface area contributed by atoms with Crippen molar-refractivity contribution in [2.75, 3.05) is 11.9 Å². The van der Waals surface area contributed by atoms with Gasteiger partial charge in [0.15, 0.2) is 12.9 Å². The second-order valence-corrected chi connectivity index (χ2v) is 5.52. The van der Waals surface area contributed by atoms with Crippen molar-refractivity contribution in [3.05, 3.63) is 71.8 Å². The predicted octanol–water partition coefficient (Wildman–Crippen LogP) is 3.98. The maximum absolute atomic E-state index is 12.0. The van der Waals surface area contributed by atoms with E-state index in [0.29, 0.717) is 17.0 Å². The van der Waals surface area contributed by atoms with E-state index >= 15 is 0 Å². The number of nitrogens with one attached hydrogen (secondary N) is 1. The van der Waals surface area contributed by atoms with Gasteiger partial charge in [-0.15, -0.1) is 0 Å². The van der Waals surface area contributed by atoms with Gasteiger partial charge >= 0.3 is 0 Å². The Morgan fingerprint density at radius 1 is 1.04 bits per heavy atom. The minimum absolute atomic E-state index is 0.160. The van der Waals surface area contributed by atoms with Gasteiger partial charge in [0.05, 0.1) is 5.56 Å². The molecule has 3 aromatic rings. The second kappa shape index (κ2) is 6.96. The molecule has 120 valence electrons. The number of hydrogen-bond donors (Lipinski definition) is 1. The van der Waals surface area contributed by atoms with E-state index in [1.54, 1.807) is 6.07 Å². The largest absolute Gasteiger partial charge is 0.483 e. The third-order valence-corrected chi connectivity index (χ3v) is 3.74. The van der Waals surface area contributed by atoms with Crippen LogP contribution in [0.1, 0.15) is 15.9 Å². The molecule has 4 heteroatoms. The molecule has 0 fully saturated rings. The monoisotopic (exact) mass is 319 g/mol. The third kappa shape index (κ3) is 3.43. The smallest absolute Gasteiger partial charge is 0.262 e. The number of aryl methyl sites for hydroxylation is 1. The van der Waals surface area contributed by atoms with E-state index in [9.17, 15) is 9.59 Å². The van der Waals surface area contributed by atoms with Crippen LogP contribution in [-0.2, 0) is 4.79 Å². The van der Waals surface area contributed by atoms with Crippen molar-refractivity contribution in [3.8, 4) is 5.75 Å². The summed E-state index contributed by atoms with van der Waals surface area (Å²) in [6.45, 7) is 1.82. The summed E-state index contributed by atoms with van der Waals surface area (Å²) >= 11 is 0. The summed E-state index contributed by atoms with van der Waals surface area (Å²) in [5, 5.41) is 4.53. The van der Waals surface area contributed by atoms with E-state index in [-0.39, 0.29) is 12.5 Å². The highest BCUT2D eigenvalue weighted by molar-refractivity contribution is 6.01. The van der Waals surface area contributed by atoms with Crippen molar-refractivity contribution < 1.29 is 14.3 Å². The first-order valence-corrected chi connectivity index (χ1v) is 7.63. The van der Waals surface area contributed by atoms with Crippen molar-refractivity contribution >= 4 is 28.7 Å². The number of ether oxygens (including phenoxy) is 1. The van der Waals surface area contributed by atoms with Crippen LogP contribution in [0.3, 0.4) is 0 Å². The zero-order valence-corrected chi connectivity index (χ0v) is 13.3. The zero-order chi connectivity index (χ0) is 16.9. The summed E-state index contributed by atoms with van der Waals surface area (Å²) in [5.74, 6) is 0.131. The molecule has 0 saturated carbocycles. The van der Waals surface area contributed by atoms with Crippen LogP contribution in [0.2, 0.25) is 0 Å². The molecule has 0 spiro atoms. The summed E-state index contributed by atoms with van der Waals surface area (Å²) in [6.07, 6.45) is 0.759. The van der Waals surface area contributed by atoms with Crippen LogP contribution < -0.4 is 10.1 Å². The highest BCUT2D eigenvalue weighted by atomic mass is 16.5. The minimum Gasteiger partial charge on any atom is -0.483 e. The number of aldehydes is 1. The Labute approximate surface area is 140 Å². The molecule has 0 aliphatic heterocycles. The number of carbonyl (C=O) groups excluding carboxylic acids is 2. The van der Waals surface area contributed by atoms with Gasteiger partial charge < -0.3 is 10.1 Å². The molecular formula is C20H17NO3. The van der Waals surface area contributed by atoms with Gasteiger partial charge in [0.25, 0.3) is 5.91 Å². The van der Waals surface area contributed by atoms with Crippen LogP contribution in [0.15, 0.2) is 60.7 Å². The normalized spacial score (nSPS) is 10.4. The van der Waals surface area contributed by atoms with E-state index in [0.717, 1.165) is 22.6 Å². The Kier molecular flexibility index (Phi) is 4.57. The maximum Gasteiger partial charge on any atom is 0.262 e. The number of carbonyl (C=O) groups is 2. The van der Waals surface area contributed by atoms with E-state index in [4.69, 9.17) is 4.74 Å². The van der Waals surface area contributed by atoms with Crippen LogP contribution in [-0.4, -0.2) is 18.8 Å². The van der Waals surface area contributed by atoms with Gasteiger partial charge in [-0.25, -0.2) is 0 Å². The molecular weight excluding hydrogens is 302 g/mol. The fraction of sp³-hybridized carbons (Fsp3) is 0.100. The van der Waals surface area contributed by atoms with Gasteiger partial charge in [0, 0.05) is 5.69 Å². The van der Waals surface area contributed by atoms with Gasteiger partial charge in [0.2, 0.25) is 0 Å². The molecule has 0 heterocycles. The number of amides is 1.